The Bertz CT molecular complexity index is 1280. The topological polar surface area (TPSA) is 64.2 Å². The normalized spacial score (nSPS) is 18.3. The quantitative estimate of drug-likeness (QED) is 0.461. The van der Waals surface area contributed by atoms with E-state index in [-0.39, 0.29) is 34.9 Å². The molecule has 0 bridgehead atoms. The molecule has 6 nitrogen and oxygen atoms in total. The fourth-order valence-corrected chi connectivity index (χ4v) is 5.09. The van der Waals surface area contributed by atoms with Crippen molar-refractivity contribution in [1.82, 2.24) is 19.8 Å². The van der Waals surface area contributed by atoms with Gasteiger partial charge in [-0.15, -0.1) is 11.3 Å². The number of amides is 1. The highest BCUT2D eigenvalue weighted by Gasteiger charge is 2.37. The molecule has 0 N–H and O–H groups in total. The van der Waals surface area contributed by atoms with Gasteiger partial charge in [0.2, 0.25) is 0 Å². The number of aromatic nitrogens is 3. The first kappa shape index (κ1) is 19.6. The van der Waals surface area contributed by atoms with Crippen molar-refractivity contribution in [2.75, 3.05) is 6.54 Å². The van der Waals surface area contributed by atoms with Crippen LogP contribution in [0, 0.1) is 11.6 Å². The lowest BCUT2D eigenvalue weighted by Crippen LogP contribution is -2.40. The third kappa shape index (κ3) is 3.34. The predicted octanol–water partition coefficient (Wildman–Crippen LogP) is 4.76. The van der Waals surface area contributed by atoms with Crippen molar-refractivity contribution in [2.24, 2.45) is 7.05 Å². The van der Waals surface area contributed by atoms with Crippen molar-refractivity contribution in [3.63, 3.8) is 0 Å². The molecular weight excluding hydrogens is 422 g/mol. The molecule has 1 aliphatic heterocycles. The van der Waals surface area contributed by atoms with Crippen molar-refractivity contribution in [1.29, 1.82) is 0 Å². The summed E-state index contributed by atoms with van der Waals surface area (Å²) in [6.07, 6.45) is 3.77. The van der Waals surface area contributed by atoms with Gasteiger partial charge >= 0.3 is 0 Å². The Balaban J connectivity index is 1.47. The summed E-state index contributed by atoms with van der Waals surface area (Å²) in [5, 5.41) is 10.2. The van der Waals surface area contributed by atoms with E-state index in [0.717, 1.165) is 22.6 Å². The number of fused-ring (bicyclic) bond motifs is 1. The van der Waals surface area contributed by atoms with Gasteiger partial charge in [0, 0.05) is 42.7 Å². The molecule has 31 heavy (non-hydrogen) atoms. The summed E-state index contributed by atoms with van der Waals surface area (Å²) in [4.78, 5) is 16.2. The smallest absolute Gasteiger partial charge is 0.276 e. The molecule has 0 saturated carbocycles. The Morgan fingerprint density at radius 2 is 2.10 bits per heavy atom. The second-order valence-corrected chi connectivity index (χ2v) is 8.52. The van der Waals surface area contributed by atoms with Crippen molar-refractivity contribution in [3.8, 4) is 11.3 Å². The highest BCUT2D eigenvalue weighted by atomic mass is 32.1. The monoisotopic (exact) mass is 440 g/mol. The van der Waals surface area contributed by atoms with Gasteiger partial charge in [0.1, 0.15) is 11.6 Å². The number of carbonyl (C=O) groups excluding carboxylic acids is 1. The van der Waals surface area contributed by atoms with Crippen molar-refractivity contribution < 1.29 is 18.1 Å². The maximum atomic E-state index is 14.1. The number of thiophene rings is 1. The Hall–Kier alpha value is -3.33. The van der Waals surface area contributed by atoms with Crippen LogP contribution in [0.5, 0.6) is 0 Å². The summed E-state index contributed by atoms with van der Waals surface area (Å²) < 4.78 is 34.3. The number of nitrogens with zero attached hydrogens (tertiary/aromatic N) is 4. The second kappa shape index (κ2) is 7.42. The first-order valence-corrected chi connectivity index (χ1v) is 10.6. The Morgan fingerprint density at radius 1 is 1.26 bits per heavy atom. The molecule has 0 spiro atoms. The van der Waals surface area contributed by atoms with Gasteiger partial charge in [-0.1, -0.05) is 5.16 Å². The lowest BCUT2D eigenvalue weighted by molar-refractivity contribution is 0.0659. The third-order valence-electron chi connectivity index (χ3n) is 5.64. The summed E-state index contributed by atoms with van der Waals surface area (Å²) in [5.74, 6) is -1.70. The average Bonchev–Trinajstić information content (AvgIpc) is 3.48. The fourth-order valence-electron chi connectivity index (χ4n) is 4.06. The number of hydrogen-bond donors (Lipinski definition) is 0. The van der Waals surface area contributed by atoms with E-state index in [0.29, 0.717) is 6.54 Å². The standard InChI is InChI=1S/C22H18F2N4O2S/c1-12-21-15(5-6-31-21)17(13-9-25-27(2)10-13)11-28(12)22(29)19-8-20(30-26-19)16-4-3-14(23)7-18(16)24/h3-10,12,17H,11H2,1-2H3/t12-,17-/m0/s1. The van der Waals surface area contributed by atoms with E-state index < -0.39 is 11.6 Å². The summed E-state index contributed by atoms with van der Waals surface area (Å²) in [6, 6.07) is 6.52. The van der Waals surface area contributed by atoms with Crippen LogP contribution in [-0.4, -0.2) is 32.3 Å². The van der Waals surface area contributed by atoms with Gasteiger partial charge in [-0.2, -0.15) is 5.10 Å². The molecule has 4 aromatic rings. The summed E-state index contributed by atoms with van der Waals surface area (Å²) in [7, 11) is 1.86. The van der Waals surface area contributed by atoms with E-state index in [1.807, 2.05) is 31.7 Å². The molecule has 1 aliphatic rings. The van der Waals surface area contributed by atoms with E-state index in [2.05, 4.69) is 16.3 Å². The zero-order valence-corrected chi connectivity index (χ0v) is 17.6. The first-order chi connectivity index (χ1) is 14.9. The van der Waals surface area contributed by atoms with E-state index in [1.54, 1.807) is 20.9 Å². The molecule has 4 heterocycles. The van der Waals surface area contributed by atoms with E-state index in [4.69, 9.17) is 4.52 Å². The minimum atomic E-state index is -0.777. The van der Waals surface area contributed by atoms with Gasteiger partial charge < -0.3 is 9.42 Å². The molecule has 5 rings (SSSR count). The Labute approximate surface area is 180 Å². The summed E-state index contributed by atoms with van der Waals surface area (Å²) in [6.45, 7) is 2.44. The van der Waals surface area contributed by atoms with Gasteiger partial charge in [-0.25, -0.2) is 8.78 Å². The van der Waals surface area contributed by atoms with E-state index >= 15 is 0 Å². The Morgan fingerprint density at radius 3 is 2.84 bits per heavy atom. The SMILES string of the molecule is C[C@H]1c2sccc2[C@H](c2cnn(C)c2)CN1C(=O)c1cc(-c2ccc(F)cc2F)on1. The van der Waals surface area contributed by atoms with Crippen LogP contribution < -0.4 is 0 Å². The Kier molecular flexibility index (Phi) is 4.70. The molecule has 1 amide bonds. The molecule has 0 fully saturated rings. The lowest BCUT2D eigenvalue weighted by Gasteiger charge is -2.37. The fraction of sp³-hybridized carbons (Fsp3) is 0.227. The zero-order valence-electron chi connectivity index (χ0n) is 16.8. The van der Waals surface area contributed by atoms with Crippen LogP contribution in [0.3, 0.4) is 0 Å². The molecule has 3 aromatic heterocycles. The highest BCUT2D eigenvalue weighted by molar-refractivity contribution is 7.10. The van der Waals surface area contributed by atoms with Crippen LogP contribution in [0.15, 0.2) is 52.6 Å². The second-order valence-electron chi connectivity index (χ2n) is 7.57. The summed E-state index contributed by atoms with van der Waals surface area (Å²) >= 11 is 1.61. The third-order valence-corrected chi connectivity index (χ3v) is 6.75. The number of benzene rings is 1. The number of hydrogen-bond acceptors (Lipinski definition) is 5. The maximum Gasteiger partial charge on any atom is 0.276 e. The van der Waals surface area contributed by atoms with Gasteiger partial charge in [-0.05, 0) is 41.6 Å². The predicted molar refractivity (Wildman–Crippen MR) is 111 cm³/mol. The maximum absolute atomic E-state index is 14.1. The van der Waals surface area contributed by atoms with Crippen molar-refractivity contribution in [2.45, 2.75) is 18.9 Å². The van der Waals surface area contributed by atoms with Crippen molar-refractivity contribution in [3.05, 3.63) is 81.4 Å². The molecule has 0 radical (unpaired) electrons. The van der Waals surface area contributed by atoms with Crippen LogP contribution in [-0.2, 0) is 7.05 Å². The number of carbonyl (C=O) groups is 1. The molecule has 9 heteroatoms. The van der Waals surface area contributed by atoms with Gasteiger partial charge in [0.15, 0.2) is 11.5 Å². The lowest BCUT2D eigenvalue weighted by atomic mass is 9.87. The summed E-state index contributed by atoms with van der Waals surface area (Å²) in [5.41, 5.74) is 2.36. The van der Waals surface area contributed by atoms with Crippen LogP contribution in [0.25, 0.3) is 11.3 Å². The van der Waals surface area contributed by atoms with Gasteiger partial charge in [0.05, 0.1) is 17.8 Å². The van der Waals surface area contributed by atoms with Crippen LogP contribution in [0.1, 0.15) is 45.4 Å². The zero-order chi connectivity index (χ0) is 21.7. The molecule has 158 valence electrons. The molecule has 0 saturated heterocycles. The molecule has 2 atom stereocenters. The average molecular weight is 440 g/mol. The molecule has 1 aromatic carbocycles. The van der Waals surface area contributed by atoms with Gasteiger partial charge in [0.25, 0.3) is 5.91 Å². The number of halogens is 2. The van der Waals surface area contributed by atoms with Gasteiger partial charge in [-0.3, -0.25) is 9.48 Å². The first-order valence-electron chi connectivity index (χ1n) is 9.71. The van der Waals surface area contributed by atoms with E-state index in [9.17, 15) is 13.6 Å². The highest BCUT2D eigenvalue weighted by Crippen LogP contribution is 2.42. The molecule has 0 aliphatic carbocycles. The minimum Gasteiger partial charge on any atom is -0.355 e. The van der Waals surface area contributed by atoms with Crippen molar-refractivity contribution >= 4 is 17.2 Å². The largest absolute Gasteiger partial charge is 0.355 e. The number of rotatable bonds is 3. The minimum absolute atomic E-state index is 0.00369. The van der Waals surface area contributed by atoms with Crippen LogP contribution >= 0.6 is 11.3 Å². The molecule has 0 unspecified atom stereocenters. The van der Waals surface area contributed by atoms with Crippen LogP contribution in [0.4, 0.5) is 8.78 Å². The van der Waals surface area contributed by atoms with E-state index in [1.165, 1.54) is 17.7 Å². The molecular formula is C22H18F2N4O2S. The number of aryl methyl sites for hydroxylation is 1. The van der Waals surface area contributed by atoms with Crippen LogP contribution in [0.2, 0.25) is 0 Å².